The van der Waals surface area contributed by atoms with Crippen molar-refractivity contribution in [1.82, 2.24) is 19.7 Å². The van der Waals surface area contributed by atoms with E-state index in [0.29, 0.717) is 21.8 Å². The molecule has 4 rings (SSSR count). The van der Waals surface area contributed by atoms with Crippen molar-refractivity contribution < 1.29 is 4.79 Å². The Labute approximate surface area is 173 Å². The van der Waals surface area contributed by atoms with Crippen LogP contribution in [0.3, 0.4) is 0 Å². The normalized spacial score (nSPS) is 13.9. The van der Waals surface area contributed by atoms with Gasteiger partial charge in [0, 0.05) is 18.7 Å². The Hall–Kier alpha value is -2.31. The van der Waals surface area contributed by atoms with E-state index in [4.69, 9.17) is 11.6 Å². The second-order valence-electron chi connectivity index (χ2n) is 6.78. The smallest absolute Gasteiger partial charge is 0.233 e. The lowest BCUT2D eigenvalue weighted by molar-refractivity contribution is -0.127. The van der Waals surface area contributed by atoms with Gasteiger partial charge in [-0.1, -0.05) is 53.7 Å². The maximum absolute atomic E-state index is 12.5. The van der Waals surface area contributed by atoms with Crippen molar-refractivity contribution in [3.8, 4) is 17.1 Å². The van der Waals surface area contributed by atoms with Crippen LogP contribution < -0.4 is 0 Å². The second kappa shape index (κ2) is 8.37. The molecule has 2 aromatic carbocycles. The highest BCUT2D eigenvalue weighted by Crippen LogP contribution is 2.33. The molecule has 1 aliphatic heterocycles. The van der Waals surface area contributed by atoms with Crippen molar-refractivity contribution in [3.05, 3.63) is 59.1 Å². The summed E-state index contributed by atoms with van der Waals surface area (Å²) in [6, 6.07) is 15.7. The first-order valence-electron chi connectivity index (χ1n) is 9.32. The lowest BCUT2D eigenvalue weighted by Crippen LogP contribution is -2.29. The number of para-hydroxylation sites is 1. The van der Waals surface area contributed by atoms with Crippen LogP contribution in [0.15, 0.2) is 53.7 Å². The van der Waals surface area contributed by atoms with Crippen LogP contribution in [0, 0.1) is 6.92 Å². The molecule has 1 fully saturated rings. The van der Waals surface area contributed by atoms with Gasteiger partial charge in [-0.2, -0.15) is 0 Å². The Morgan fingerprint density at radius 1 is 1.07 bits per heavy atom. The predicted molar refractivity (Wildman–Crippen MR) is 113 cm³/mol. The quantitative estimate of drug-likeness (QED) is 0.574. The van der Waals surface area contributed by atoms with Crippen LogP contribution in [0.5, 0.6) is 0 Å². The van der Waals surface area contributed by atoms with Gasteiger partial charge in [0.05, 0.1) is 16.5 Å². The number of benzene rings is 2. The number of carbonyl (C=O) groups excluding carboxylic acids is 1. The van der Waals surface area contributed by atoms with Gasteiger partial charge in [-0.05, 0) is 43.5 Å². The maximum Gasteiger partial charge on any atom is 0.233 e. The van der Waals surface area contributed by atoms with Crippen molar-refractivity contribution >= 4 is 29.3 Å². The fraction of sp³-hybridized carbons (Fsp3) is 0.286. The number of thioether (sulfide) groups is 1. The van der Waals surface area contributed by atoms with E-state index in [0.717, 1.165) is 42.7 Å². The third-order valence-corrected chi connectivity index (χ3v) is 6.13. The van der Waals surface area contributed by atoms with Gasteiger partial charge in [0.2, 0.25) is 5.91 Å². The fourth-order valence-corrected chi connectivity index (χ4v) is 4.46. The molecular formula is C21H21ClN4OS. The summed E-state index contributed by atoms with van der Waals surface area (Å²) in [5.74, 6) is 1.18. The molecule has 144 valence electrons. The van der Waals surface area contributed by atoms with E-state index in [2.05, 4.69) is 23.2 Å². The zero-order valence-corrected chi connectivity index (χ0v) is 17.2. The first-order valence-corrected chi connectivity index (χ1v) is 10.7. The SMILES string of the molecule is Cc1ccccc1-n1c(SCC(=O)N2CCCC2)nnc1-c1ccccc1Cl. The number of rotatable bonds is 5. The summed E-state index contributed by atoms with van der Waals surface area (Å²) in [7, 11) is 0. The first-order chi connectivity index (χ1) is 13.6. The van der Waals surface area contributed by atoms with Gasteiger partial charge < -0.3 is 4.90 Å². The monoisotopic (exact) mass is 412 g/mol. The molecule has 1 aliphatic rings. The van der Waals surface area contributed by atoms with Crippen molar-refractivity contribution in [2.75, 3.05) is 18.8 Å². The molecule has 7 heteroatoms. The standard InChI is InChI=1S/C21H21ClN4OS/c1-15-8-2-5-11-18(15)26-20(16-9-3-4-10-17(16)22)23-24-21(26)28-14-19(27)25-12-6-7-13-25/h2-5,8-11H,6-7,12-14H2,1H3. The molecule has 0 N–H and O–H groups in total. The fourth-order valence-electron chi connectivity index (χ4n) is 3.40. The number of nitrogens with zero attached hydrogens (tertiary/aromatic N) is 4. The highest BCUT2D eigenvalue weighted by Gasteiger charge is 2.22. The topological polar surface area (TPSA) is 51.0 Å². The average molecular weight is 413 g/mol. The minimum Gasteiger partial charge on any atom is -0.342 e. The van der Waals surface area contributed by atoms with E-state index in [1.54, 1.807) is 0 Å². The molecule has 0 unspecified atom stereocenters. The van der Waals surface area contributed by atoms with E-state index >= 15 is 0 Å². The summed E-state index contributed by atoms with van der Waals surface area (Å²) in [5, 5.41) is 10.1. The van der Waals surface area contributed by atoms with Crippen LogP contribution in [0.2, 0.25) is 5.02 Å². The number of aromatic nitrogens is 3. The molecular weight excluding hydrogens is 392 g/mol. The molecule has 3 aromatic rings. The van der Waals surface area contributed by atoms with Gasteiger partial charge in [0.25, 0.3) is 0 Å². The third-order valence-electron chi connectivity index (χ3n) is 4.89. The zero-order chi connectivity index (χ0) is 19.5. The third kappa shape index (κ3) is 3.80. The van der Waals surface area contributed by atoms with Crippen LogP contribution in [0.4, 0.5) is 0 Å². The van der Waals surface area contributed by atoms with Gasteiger partial charge in [0.15, 0.2) is 11.0 Å². The average Bonchev–Trinajstić information content (AvgIpc) is 3.37. The van der Waals surface area contributed by atoms with E-state index in [1.165, 1.54) is 11.8 Å². The number of aryl methyl sites for hydroxylation is 1. The van der Waals surface area contributed by atoms with Gasteiger partial charge >= 0.3 is 0 Å². The van der Waals surface area contributed by atoms with Gasteiger partial charge in [-0.15, -0.1) is 10.2 Å². The first kappa shape index (κ1) is 19.0. The highest BCUT2D eigenvalue weighted by molar-refractivity contribution is 7.99. The Morgan fingerprint density at radius 3 is 2.54 bits per heavy atom. The molecule has 0 spiro atoms. The zero-order valence-electron chi connectivity index (χ0n) is 15.6. The molecule has 1 saturated heterocycles. The van der Waals surface area contributed by atoms with Crippen LogP contribution in [-0.4, -0.2) is 44.4 Å². The molecule has 0 saturated carbocycles. The molecule has 0 radical (unpaired) electrons. The number of hydrogen-bond acceptors (Lipinski definition) is 4. The van der Waals surface area contributed by atoms with Crippen LogP contribution >= 0.6 is 23.4 Å². The molecule has 0 bridgehead atoms. The number of carbonyl (C=O) groups is 1. The Morgan fingerprint density at radius 2 is 1.79 bits per heavy atom. The molecule has 2 heterocycles. The summed E-state index contributed by atoms with van der Waals surface area (Å²) >= 11 is 7.85. The van der Waals surface area contributed by atoms with Crippen molar-refractivity contribution in [2.24, 2.45) is 0 Å². The summed E-state index contributed by atoms with van der Waals surface area (Å²) < 4.78 is 2.00. The predicted octanol–water partition coefficient (Wildman–Crippen LogP) is 4.61. The number of amides is 1. The van der Waals surface area contributed by atoms with Crippen molar-refractivity contribution in [2.45, 2.75) is 24.9 Å². The number of likely N-dealkylation sites (tertiary alicyclic amines) is 1. The summed E-state index contributed by atoms with van der Waals surface area (Å²) in [4.78, 5) is 14.4. The molecule has 1 amide bonds. The number of halogens is 1. The van der Waals surface area contributed by atoms with Crippen LogP contribution in [0.25, 0.3) is 17.1 Å². The van der Waals surface area contributed by atoms with E-state index in [-0.39, 0.29) is 5.91 Å². The Kier molecular flexibility index (Phi) is 5.69. The van der Waals surface area contributed by atoms with Gasteiger partial charge in [0.1, 0.15) is 0 Å². The molecule has 28 heavy (non-hydrogen) atoms. The highest BCUT2D eigenvalue weighted by atomic mass is 35.5. The maximum atomic E-state index is 12.5. The van der Waals surface area contributed by atoms with Gasteiger partial charge in [-0.25, -0.2) is 0 Å². The largest absolute Gasteiger partial charge is 0.342 e. The number of hydrogen-bond donors (Lipinski definition) is 0. The van der Waals surface area contributed by atoms with Crippen LogP contribution in [-0.2, 0) is 4.79 Å². The molecule has 5 nitrogen and oxygen atoms in total. The summed E-state index contributed by atoms with van der Waals surface area (Å²) in [6.45, 7) is 3.76. The Balaban J connectivity index is 1.71. The lowest BCUT2D eigenvalue weighted by Gasteiger charge is -2.16. The second-order valence-corrected chi connectivity index (χ2v) is 8.13. The summed E-state index contributed by atoms with van der Waals surface area (Å²) in [5.41, 5.74) is 2.90. The summed E-state index contributed by atoms with van der Waals surface area (Å²) in [6.07, 6.45) is 2.18. The lowest BCUT2D eigenvalue weighted by atomic mass is 10.1. The Bertz CT molecular complexity index is 998. The van der Waals surface area contributed by atoms with E-state index in [9.17, 15) is 4.79 Å². The van der Waals surface area contributed by atoms with Crippen molar-refractivity contribution in [3.63, 3.8) is 0 Å². The van der Waals surface area contributed by atoms with E-state index in [1.807, 2.05) is 51.9 Å². The molecule has 1 aromatic heterocycles. The molecule has 0 aliphatic carbocycles. The minimum atomic E-state index is 0.154. The molecule has 0 atom stereocenters. The van der Waals surface area contributed by atoms with E-state index < -0.39 is 0 Å². The van der Waals surface area contributed by atoms with Crippen LogP contribution in [0.1, 0.15) is 18.4 Å². The minimum absolute atomic E-state index is 0.154. The van der Waals surface area contributed by atoms with Crippen molar-refractivity contribution in [1.29, 1.82) is 0 Å². The van der Waals surface area contributed by atoms with Gasteiger partial charge in [-0.3, -0.25) is 9.36 Å².